The van der Waals surface area contributed by atoms with Gasteiger partial charge in [0.1, 0.15) is 11.9 Å². The molecule has 0 aliphatic rings. The molecule has 0 aliphatic carbocycles. The van der Waals surface area contributed by atoms with Crippen LogP contribution in [0, 0.1) is 12.8 Å². The summed E-state index contributed by atoms with van der Waals surface area (Å²) in [5.74, 6) is 0.561. The monoisotopic (exact) mass is 442 g/mol. The Morgan fingerprint density at radius 3 is 2.48 bits per heavy atom. The van der Waals surface area contributed by atoms with Gasteiger partial charge in [-0.25, -0.2) is 4.98 Å². The van der Waals surface area contributed by atoms with Crippen LogP contribution in [0.25, 0.3) is 21.8 Å². The number of amides is 2. The van der Waals surface area contributed by atoms with Crippen LogP contribution in [0.5, 0.6) is 0 Å². The Morgan fingerprint density at radius 2 is 1.70 bits per heavy atom. The number of carbonyl (C=O) groups excluding carboxylic acids is 2. The molecule has 0 bridgehead atoms. The number of imidazole rings is 1. The lowest BCUT2D eigenvalue weighted by Crippen LogP contribution is -2.50. The van der Waals surface area contributed by atoms with E-state index in [0.717, 1.165) is 33.2 Å². The molecule has 6 heteroatoms. The van der Waals surface area contributed by atoms with Crippen molar-refractivity contribution in [2.75, 3.05) is 6.54 Å². The molecule has 0 saturated heterocycles. The van der Waals surface area contributed by atoms with E-state index in [4.69, 9.17) is 0 Å². The van der Waals surface area contributed by atoms with Crippen molar-refractivity contribution in [2.24, 2.45) is 5.92 Å². The topological polar surface area (TPSA) is 76.0 Å². The number of aryl methyl sites for hydroxylation is 1. The lowest BCUT2D eigenvalue weighted by molar-refractivity contribution is -0.129. The predicted octanol–water partition coefficient (Wildman–Crippen LogP) is 4.00. The summed E-state index contributed by atoms with van der Waals surface area (Å²) in [5, 5.41) is 8.15. The van der Waals surface area contributed by atoms with Crippen LogP contribution >= 0.6 is 0 Å². The highest BCUT2D eigenvalue weighted by molar-refractivity contribution is 5.89. The molecular formula is C27H30N4O2. The van der Waals surface area contributed by atoms with Crippen LogP contribution < -0.4 is 10.6 Å². The van der Waals surface area contributed by atoms with Crippen molar-refractivity contribution >= 4 is 33.6 Å². The van der Waals surface area contributed by atoms with Crippen molar-refractivity contribution in [2.45, 2.75) is 39.8 Å². The lowest BCUT2D eigenvalue weighted by atomic mass is 10.0. The number of benzene rings is 3. The van der Waals surface area contributed by atoms with E-state index >= 15 is 0 Å². The van der Waals surface area contributed by atoms with Crippen molar-refractivity contribution in [1.82, 2.24) is 20.2 Å². The summed E-state index contributed by atoms with van der Waals surface area (Å²) in [6, 6.07) is 21.5. The van der Waals surface area contributed by atoms with Gasteiger partial charge in [0.15, 0.2) is 0 Å². The van der Waals surface area contributed by atoms with Crippen molar-refractivity contribution in [1.29, 1.82) is 0 Å². The summed E-state index contributed by atoms with van der Waals surface area (Å²) >= 11 is 0. The molecule has 0 radical (unpaired) electrons. The van der Waals surface area contributed by atoms with Gasteiger partial charge in [-0.3, -0.25) is 9.59 Å². The lowest BCUT2D eigenvalue weighted by Gasteiger charge is -2.22. The first kappa shape index (κ1) is 22.5. The van der Waals surface area contributed by atoms with Gasteiger partial charge in [0.05, 0.1) is 17.5 Å². The average molecular weight is 443 g/mol. The third-order valence-electron chi connectivity index (χ3n) is 5.92. The van der Waals surface area contributed by atoms with E-state index in [1.807, 2.05) is 87.5 Å². The van der Waals surface area contributed by atoms with Gasteiger partial charge in [0.2, 0.25) is 11.8 Å². The van der Waals surface area contributed by atoms with Crippen LogP contribution in [0.2, 0.25) is 0 Å². The molecule has 3 aromatic carbocycles. The number of carbonyl (C=O) groups is 2. The first-order chi connectivity index (χ1) is 15.9. The van der Waals surface area contributed by atoms with E-state index in [1.54, 1.807) is 0 Å². The maximum Gasteiger partial charge on any atom is 0.242 e. The summed E-state index contributed by atoms with van der Waals surface area (Å²) in [7, 11) is 0. The molecular weight excluding hydrogens is 412 g/mol. The Bertz CT molecular complexity index is 1290. The largest absolute Gasteiger partial charge is 0.353 e. The molecule has 1 aromatic heterocycles. The number of nitrogens with zero attached hydrogens (tertiary/aromatic N) is 2. The molecule has 1 atom stereocenters. The van der Waals surface area contributed by atoms with Crippen molar-refractivity contribution < 1.29 is 9.59 Å². The zero-order valence-electron chi connectivity index (χ0n) is 19.3. The fourth-order valence-electron chi connectivity index (χ4n) is 4.17. The minimum Gasteiger partial charge on any atom is -0.353 e. The molecule has 4 aromatic rings. The van der Waals surface area contributed by atoms with Gasteiger partial charge in [-0.2, -0.15) is 0 Å². The van der Waals surface area contributed by atoms with E-state index in [0.29, 0.717) is 13.1 Å². The second-order valence-electron chi connectivity index (χ2n) is 8.74. The zero-order valence-corrected chi connectivity index (χ0v) is 19.3. The highest BCUT2D eigenvalue weighted by atomic mass is 16.2. The fourth-order valence-corrected chi connectivity index (χ4v) is 4.17. The molecule has 0 fully saturated rings. The number of para-hydroxylation sites is 2. The van der Waals surface area contributed by atoms with Crippen molar-refractivity contribution in [3.05, 3.63) is 78.1 Å². The van der Waals surface area contributed by atoms with Crippen LogP contribution in [-0.2, 0) is 22.6 Å². The Kier molecular flexibility index (Phi) is 6.73. The number of rotatable bonds is 8. The summed E-state index contributed by atoms with van der Waals surface area (Å²) in [5.41, 5.74) is 2.92. The molecule has 170 valence electrons. The summed E-state index contributed by atoms with van der Waals surface area (Å²) in [6.07, 6.45) is 0.238. The molecule has 0 aliphatic heterocycles. The normalized spacial score (nSPS) is 12.2. The molecule has 1 unspecified atom stereocenters. The second-order valence-corrected chi connectivity index (χ2v) is 8.74. The maximum atomic E-state index is 12.9. The van der Waals surface area contributed by atoms with Gasteiger partial charge in [-0.05, 0) is 41.3 Å². The van der Waals surface area contributed by atoms with Gasteiger partial charge in [-0.15, -0.1) is 0 Å². The van der Waals surface area contributed by atoms with Gasteiger partial charge < -0.3 is 15.2 Å². The fraction of sp³-hybridized carbons (Fsp3) is 0.296. The maximum absolute atomic E-state index is 12.9. The standard InChI is InChI=1S/C27H30N4O2/c1-18(2)26(30-25(32)17-20-12-13-21-8-4-5-9-22(21)16-20)27(33)28-14-15-31-19(3)29-23-10-6-7-11-24(23)31/h4-13,16,18,26H,14-15,17H2,1-3H3,(H,28,33)(H,30,32). The second kappa shape index (κ2) is 9.86. The minimum absolute atomic E-state index is 0.0265. The molecule has 2 amide bonds. The van der Waals surface area contributed by atoms with E-state index < -0.39 is 6.04 Å². The third-order valence-corrected chi connectivity index (χ3v) is 5.92. The SMILES string of the molecule is Cc1nc2ccccc2n1CCNC(=O)C(NC(=O)Cc1ccc2ccccc2c1)C(C)C. The number of aromatic nitrogens is 2. The highest BCUT2D eigenvalue weighted by Crippen LogP contribution is 2.17. The van der Waals surface area contributed by atoms with Gasteiger partial charge in [-0.1, -0.05) is 68.4 Å². The Labute approximate surface area is 194 Å². The predicted molar refractivity (Wildman–Crippen MR) is 132 cm³/mol. The van der Waals surface area contributed by atoms with Crippen LogP contribution in [0.4, 0.5) is 0 Å². The number of hydrogen-bond donors (Lipinski definition) is 2. The van der Waals surface area contributed by atoms with Crippen molar-refractivity contribution in [3.8, 4) is 0 Å². The number of fused-ring (bicyclic) bond motifs is 2. The van der Waals surface area contributed by atoms with Gasteiger partial charge in [0, 0.05) is 13.1 Å². The van der Waals surface area contributed by atoms with Gasteiger partial charge in [0.25, 0.3) is 0 Å². The van der Waals surface area contributed by atoms with Crippen molar-refractivity contribution in [3.63, 3.8) is 0 Å². The van der Waals surface area contributed by atoms with Crippen LogP contribution in [0.1, 0.15) is 25.2 Å². The summed E-state index contributed by atoms with van der Waals surface area (Å²) < 4.78 is 2.10. The molecule has 0 spiro atoms. The Balaban J connectivity index is 1.35. The summed E-state index contributed by atoms with van der Waals surface area (Å²) in [6.45, 7) is 6.92. The average Bonchev–Trinajstić information content (AvgIpc) is 3.12. The third kappa shape index (κ3) is 5.22. The van der Waals surface area contributed by atoms with Crippen LogP contribution in [-0.4, -0.2) is 34.0 Å². The molecule has 33 heavy (non-hydrogen) atoms. The zero-order chi connectivity index (χ0) is 23.4. The smallest absolute Gasteiger partial charge is 0.242 e. The first-order valence-electron chi connectivity index (χ1n) is 11.4. The van der Waals surface area contributed by atoms with E-state index in [9.17, 15) is 9.59 Å². The Morgan fingerprint density at radius 1 is 0.970 bits per heavy atom. The Hall–Kier alpha value is -3.67. The van der Waals surface area contributed by atoms with Crippen LogP contribution in [0.15, 0.2) is 66.7 Å². The number of nitrogens with one attached hydrogen (secondary N) is 2. The summed E-state index contributed by atoms with van der Waals surface area (Å²) in [4.78, 5) is 30.2. The highest BCUT2D eigenvalue weighted by Gasteiger charge is 2.24. The van der Waals surface area contributed by atoms with Gasteiger partial charge >= 0.3 is 0 Å². The first-order valence-corrected chi connectivity index (χ1v) is 11.4. The minimum atomic E-state index is -0.585. The van der Waals surface area contributed by atoms with E-state index in [1.165, 1.54) is 0 Å². The molecule has 4 rings (SSSR count). The molecule has 6 nitrogen and oxygen atoms in total. The molecule has 0 saturated carbocycles. The molecule has 2 N–H and O–H groups in total. The van der Waals surface area contributed by atoms with Crippen LogP contribution in [0.3, 0.4) is 0 Å². The van der Waals surface area contributed by atoms with E-state index in [-0.39, 0.29) is 24.2 Å². The molecule has 1 heterocycles. The van der Waals surface area contributed by atoms with E-state index in [2.05, 4.69) is 20.2 Å². The number of hydrogen-bond acceptors (Lipinski definition) is 3. The quantitative estimate of drug-likeness (QED) is 0.433.